The highest BCUT2D eigenvalue weighted by Gasteiger charge is 2.03. The highest BCUT2D eigenvalue weighted by molar-refractivity contribution is 5.82. The Morgan fingerprint density at radius 1 is 1.35 bits per heavy atom. The molecule has 6 heteroatoms. The molecule has 0 amide bonds. The van der Waals surface area contributed by atoms with E-state index in [9.17, 15) is 10.1 Å². The maximum absolute atomic E-state index is 10.5. The predicted octanol–water partition coefficient (Wildman–Crippen LogP) is 3.61. The van der Waals surface area contributed by atoms with E-state index in [1.807, 2.05) is 19.1 Å². The number of non-ortho nitro benzene ring substituents is 1. The fraction of sp³-hybridized carbons (Fsp3) is 0.214. The third-order valence-electron chi connectivity index (χ3n) is 2.77. The number of anilines is 1. The van der Waals surface area contributed by atoms with Crippen LogP contribution in [-0.4, -0.2) is 10.6 Å². The molecule has 104 valence electrons. The van der Waals surface area contributed by atoms with Gasteiger partial charge in [-0.05, 0) is 37.6 Å². The summed E-state index contributed by atoms with van der Waals surface area (Å²) in [6.07, 6.45) is 3.23. The quantitative estimate of drug-likeness (QED) is 0.495. The Labute approximate surface area is 116 Å². The number of aryl methyl sites for hydroxylation is 1. The Kier molecular flexibility index (Phi) is 4.49. The van der Waals surface area contributed by atoms with Gasteiger partial charge in [-0.25, -0.2) is 0 Å². The van der Waals surface area contributed by atoms with Gasteiger partial charge in [0.2, 0.25) is 0 Å². The predicted molar refractivity (Wildman–Crippen MR) is 76.9 cm³/mol. The average Bonchev–Trinajstić information content (AvgIpc) is 2.96. The van der Waals surface area contributed by atoms with Crippen LogP contribution in [0.3, 0.4) is 0 Å². The van der Waals surface area contributed by atoms with E-state index in [1.165, 1.54) is 12.1 Å². The molecule has 0 fully saturated rings. The number of rotatable bonds is 6. The van der Waals surface area contributed by atoms with Crippen LogP contribution in [0.1, 0.15) is 19.1 Å². The maximum atomic E-state index is 10.5. The van der Waals surface area contributed by atoms with Crippen molar-refractivity contribution >= 4 is 17.1 Å². The van der Waals surface area contributed by atoms with Gasteiger partial charge in [0, 0.05) is 24.3 Å². The third kappa shape index (κ3) is 3.94. The van der Waals surface area contributed by atoms with Crippen LogP contribution in [0, 0.1) is 10.1 Å². The zero-order chi connectivity index (χ0) is 14.4. The first-order chi connectivity index (χ1) is 9.65. The third-order valence-corrected chi connectivity index (χ3v) is 2.77. The van der Waals surface area contributed by atoms with E-state index in [-0.39, 0.29) is 5.69 Å². The van der Waals surface area contributed by atoms with Gasteiger partial charge in [-0.15, -0.1) is 0 Å². The molecular formula is C14H15N3O3. The first kappa shape index (κ1) is 13.8. The number of hydrazone groups is 1. The topological polar surface area (TPSA) is 80.7 Å². The first-order valence-corrected chi connectivity index (χ1v) is 6.21. The molecule has 0 unspecified atom stereocenters. The van der Waals surface area contributed by atoms with Crippen LogP contribution in [0.2, 0.25) is 0 Å². The molecular weight excluding hydrogens is 258 g/mol. The molecule has 0 saturated carbocycles. The van der Waals surface area contributed by atoms with Crippen molar-refractivity contribution in [1.29, 1.82) is 0 Å². The zero-order valence-corrected chi connectivity index (χ0v) is 11.1. The van der Waals surface area contributed by atoms with E-state index in [4.69, 9.17) is 4.42 Å². The smallest absolute Gasteiger partial charge is 0.269 e. The molecule has 2 rings (SSSR count). The largest absolute Gasteiger partial charge is 0.469 e. The van der Waals surface area contributed by atoms with E-state index >= 15 is 0 Å². The average molecular weight is 273 g/mol. The normalized spacial score (nSPS) is 11.3. The molecule has 0 atom stereocenters. The molecule has 2 aromatic rings. The minimum Gasteiger partial charge on any atom is -0.469 e. The molecule has 1 aromatic heterocycles. The molecule has 1 N–H and O–H groups in total. The van der Waals surface area contributed by atoms with E-state index in [0.717, 1.165) is 24.3 Å². The molecule has 0 spiro atoms. The number of hydrogen-bond acceptors (Lipinski definition) is 5. The lowest BCUT2D eigenvalue weighted by Gasteiger charge is -2.02. The number of nitro groups is 1. The summed E-state index contributed by atoms with van der Waals surface area (Å²) in [4.78, 5) is 10.1. The monoisotopic (exact) mass is 273 g/mol. The van der Waals surface area contributed by atoms with Crippen molar-refractivity contribution < 1.29 is 9.34 Å². The van der Waals surface area contributed by atoms with Crippen LogP contribution < -0.4 is 5.43 Å². The van der Waals surface area contributed by atoms with Crippen molar-refractivity contribution in [2.75, 3.05) is 5.43 Å². The van der Waals surface area contributed by atoms with Gasteiger partial charge in [0.1, 0.15) is 5.76 Å². The molecule has 0 bridgehead atoms. The van der Waals surface area contributed by atoms with Crippen LogP contribution in [0.15, 0.2) is 52.2 Å². The zero-order valence-electron chi connectivity index (χ0n) is 11.1. The minimum atomic E-state index is -0.429. The Morgan fingerprint density at radius 3 is 2.70 bits per heavy atom. The fourth-order valence-corrected chi connectivity index (χ4v) is 1.63. The molecule has 0 aliphatic rings. The molecule has 1 heterocycles. The number of benzene rings is 1. The van der Waals surface area contributed by atoms with Crippen LogP contribution in [0.4, 0.5) is 11.4 Å². The number of furan rings is 1. The summed E-state index contributed by atoms with van der Waals surface area (Å²) in [6.45, 7) is 1.92. The first-order valence-electron chi connectivity index (χ1n) is 6.21. The minimum absolute atomic E-state index is 0.0640. The highest BCUT2D eigenvalue weighted by Crippen LogP contribution is 2.15. The van der Waals surface area contributed by atoms with Gasteiger partial charge in [0.05, 0.1) is 16.9 Å². The molecule has 0 aliphatic carbocycles. The van der Waals surface area contributed by atoms with Crippen molar-refractivity contribution in [3.05, 3.63) is 58.5 Å². The Morgan fingerprint density at radius 2 is 2.10 bits per heavy atom. The van der Waals surface area contributed by atoms with Crippen molar-refractivity contribution in [1.82, 2.24) is 0 Å². The Hall–Kier alpha value is -2.63. The van der Waals surface area contributed by atoms with Gasteiger partial charge in [0.25, 0.3) is 5.69 Å². The highest BCUT2D eigenvalue weighted by atomic mass is 16.6. The second-order valence-corrected chi connectivity index (χ2v) is 4.34. The summed E-state index contributed by atoms with van der Waals surface area (Å²) in [6, 6.07) is 9.92. The second kappa shape index (κ2) is 6.51. The molecule has 20 heavy (non-hydrogen) atoms. The summed E-state index contributed by atoms with van der Waals surface area (Å²) in [5.41, 5.74) is 4.59. The Bertz CT molecular complexity index is 589. The summed E-state index contributed by atoms with van der Waals surface area (Å²) >= 11 is 0. The summed E-state index contributed by atoms with van der Waals surface area (Å²) in [5, 5.41) is 14.7. The van der Waals surface area contributed by atoms with Gasteiger partial charge >= 0.3 is 0 Å². The van der Waals surface area contributed by atoms with Crippen LogP contribution >= 0.6 is 0 Å². The van der Waals surface area contributed by atoms with Crippen LogP contribution in [0.5, 0.6) is 0 Å². The van der Waals surface area contributed by atoms with Crippen molar-refractivity contribution in [2.24, 2.45) is 5.10 Å². The van der Waals surface area contributed by atoms with Crippen molar-refractivity contribution in [3.8, 4) is 0 Å². The number of nitrogens with zero attached hydrogens (tertiary/aromatic N) is 2. The second-order valence-electron chi connectivity index (χ2n) is 4.34. The van der Waals surface area contributed by atoms with E-state index < -0.39 is 4.92 Å². The van der Waals surface area contributed by atoms with Gasteiger partial charge in [-0.1, -0.05) is 0 Å². The van der Waals surface area contributed by atoms with E-state index in [1.54, 1.807) is 18.4 Å². The van der Waals surface area contributed by atoms with Gasteiger partial charge < -0.3 is 4.42 Å². The lowest BCUT2D eigenvalue weighted by molar-refractivity contribution is -0.384. The molecule has 0 saturated heterocycles. The molecule has 0 radical (unpaired) electrons. The van der Waals surface area contributed by atoms with E-state index in [0.29, 0.717) is 5.69 Å². The lowest BCUT2D eigenvalue weighted by Crippen LogP contribution is -1.99. The maximum Gasteiger partial charge on any atom is 0.269 e. The lowest BCUT2D eigenvalue weighted by atomic mass is 10.2. The Balaban J connectivity index is 1.86. The summed E-state index contributed by atoms with van der Waals surface area (Å²) in [7, 11) is 0. The molecule has 1 aromatic carbocycles. The number of nitro benzene ring substituents is 1. The molecule has 0 aliphatic heterocycles. The van der Waals surface area contributed by atoms with Gasteiger partial charge in [-0.3, -0.25) is 15.5 Å². The van der Waals surface area contributed by atoms with Crippen LogP contribution in [-0.2, 0) is 6.42 Å². The van der Waals surface area contributed by atoms with Gasteiger partial charge in [-0.2, -0.15) is 5.10 Å². The standard InChI is InChI=1S/C14H15N3O3/c1-11(4-9-14-3-2-10-20-14)15-16-12-5-7-13(8-6-12)17(18)19/h2-3,5-8,10,16H,4,9H2,1H3/b15-11+. The van der Waals surface area contributed by atoms with Crippen molar-refractivity contribution in [3.63, 3.8) is 0 Å². The van der Waals surface area contributed by atoms with Crippen molar-refractivity contribution in [2.45, 2.75) is 19.8 Å². The molecule has 6 nitrogen and oxygen atoms in total. The van der Waals surface area contributed by atoms with Gasteiger partial charge in [0.15, 0.2) is 0 Å². The fourth-order valence-electron chi connectivity index (χ4n) is 1.63. The number of hydrogen-bond donors (Lipinski definition) is 1. The summed E-state index contributed by atoms with van der Waals surface area (Å²) < 4.78 is 5.24. The van der Waals surface area contributed by atoms with E-state index in [2.05, 4.69) is 10.5 Å². The van der Waals surface area contributed by atoms with Crippen LogP contribution in [0.25, 0.3) is 0 Å². The summed E-state index contributed by atoms with van der Waals surface area (Å²) in [5.74, 6) is 0.926. The SMILES string of the molecule is C/C(CCc1ccco1)=N\Nc1ccc([N+](=O)[O-])cc1. The number of nitrogens with one attached hydrogen (secondary N) is 1.